The molecule has 6 heteroatoms. The molecule has 0 spiro atoms. The van der Waals surface area contributed by atoms with Crippen LogP contribution in [-0.2, 0) is 0 Å². The lowest BCUT2D eigenvalue weighted by atomic mass is 9.88. The first kappa shape index (κ1) is 17.4. The quantitative estimate of drug-likeness (QED) is 0.672. The summed E-state index contributed by atoms with van der Waals surface area (Å²) in [5, 5.41) is 20.0. The number of thioether (sulfide) groups is 1. The summed E-state index contributed by atoms with van der Waals surface area (Å²) in [7, 11) is 0. The molecule has 0 bridgehead atoms. The normalized spacial score (nSPS) is 20.4. The zero-order valence-corrected chi connectivity index (χ0v) is 15.7. The first-order chi connectivity index (χ1) is 12.7. The maximum atomic E-state index is 10.3. The van der Waals surface area contributed by atoms with Crippen LogP contribution in [0.15, 0.2) is 52.2 Å². The lowest BCUT2D eigenvalue weighted by Crippen LogP contribution is -2.26. The molecule has 3 aromatic rings. The Morgan fingerprint density at radius 1 is 1.15 bits per heavy atom. The minimum absolute atomic E-state index is 0.195. The summed E-state index contributed by atoms with van der Waals surface area (Å²) in [6, 6.07) is 12.1. The van der Waals surface area contributed by atoms with Crippen LogP contribution in [0.1, 0.15) is 31.4 Å². The minimum atomic E-state index is -0.195. The van der Waals surface area contributed by atoms with E-state index in [-0.39, 0.29) is 6.10 Å². The average Bonchev–Trinajstić information content (AvgIpc) is 3.27. The Labute approximate surface area is 157 Å². The molecule has 1 aromatic carbocycles. The Kier molecular flexibility index (Phi) is 5.13. The van der Waals surface area contributed by atoms with E-state index >= 15 is 0 Å². The largest absolute Gasteiger partial charge is 0.469 e. The van der Waals surface area contributed by atoms with Gasteiger partial charge in [0.05, 0.1) is 17.9 Å². The first-order valence-corrected chi connectivity index (χ1v) is 10.1. The molecule has 1 aliphatic rings. The molecule has 0 amide bonds. The molecule has 5 nitrogen and oxygen atoms in total. The fourth-order valence-corrected chi connectivity index (χ4v) is 4.70. The molecule has 2 aromatic heterocycles. The molecule has 4 rings (SSSR count). The lowest BCUT2D eigenvalue weighted by Gasteiger charge is -2.26. The summed E-state index contributed by atoms with van der Waals surface area (Å²) in [6.07, 6.45) is 5.82. The Morgan fingerprint density at radius 3 is 2.69 bits per heavy atom. The van der Waals surface area contributed by atoms with Gasteiger partial charge in [-0.05, 0) is 43.9 Å². The topological polar surface area (TPSA) is 64.1 Å². The summed E-state index contributed by atoms with van der Waals surface area (Å²) in [5.74, 6) is 2.80. The number of para-hydroxylation sites is 1. The summed E-state index contributed by atoms with van der Waals surface area (Å²) in [6.45, 7) is 1.94. The number of aliphatic hydroxyl groups excluding tert-OH is 1. The van der Waals surface area contributed by atoms with Crippen LogP contribution in [0, 0.1) is 12.8 Å². The molecule has 0 radical (unpaired) electrons. The van der Waals surface area contributed by atoms with Crippen LogP contribution >= 0.6 is 11.8 Å². The fraction of sp³-hybridized carbons (Fsp3) is 0.400. The van der Waals surface area contributed by atoms with E-state index in [0.29, 0.717) is 5.92 Å². The second-order valence-corrected chi connectivity index (χ2v) is 7.78. The Hall–Kier alpha value is -2.05. The Bertz CT molecular complexity index is 859. The standard InChI is InChI=1S/C20H23N3O2S/c1-14-17(11-12-25-14)19-21-22-20(23(19)16-8-3-2-4-9-16)26-13-15-7-5-6-10-18(15)24/h2-4,8-9,11-12,15,18,24H,5-7,10,13H2,1H3/t15-,18-/m1/s1. The molecule has 1 N–H and O–H groups in total. The molecule has 1 saturated carbocycles. The molecule has 0 aliphatic heterocycles. The van der Waals surface area contributed by atoms with Crippen molar-refractivity contribution in [3.8, 4) is 17.1 Å². The molecular formula is C20H23N3O2S. The summed E-state index contributed by atoms with van der Waals surface area (Å²) in [5.41, 5.74) is 1.98. The second kappa shape index (κ2) is 7.68. The number of furan rings is 1. The van der Waals surface area contributed by atoms with Gasteiger partial charge in [-0.3, -0.25) is 4.57 Å². The number of nitrogens with zero attached hydrogens (tertiary/aromatic N) is 3. The number of aliphatic hydroxyl groups is 1. The van der Waals surface area contributed by atoms with Gasteiger partial charge in [-0.25, -0.2) is 0 Å². The van der Waals surface area contributed by atoms with E-state index in [1.165, 1.54) is 6.42 Å². The molecule has 1 aliphatic carbocycles. The highest BCUT2D eigenvalue weighted by molar-refractivity contribution is 7.99. The van der Waals surface area contributed by atoms with Gasteiger partial charge in [0.2, 0.25) is 0 Å². The van der Waals surface area contributed by atoms with E-state index in [2.05, 4.69) is 26.9 Å². The van der Waals surface area contributed by atoms with Crippen molar-refractivity contribution < 1.29 is 9.52 Å². The Balaban J connectivity index is 1.66. The van der Waals surface area contributed by atoms with Gasteiger partial charge >= 0.3 is 0 Å². The maximum Gasteiger partial charge on any atom is 0.196 e. The van der Waals surface area contributed by atoms with Gasteiger partial charge < -0.3 is 9.52 Å². The lowest BCUT2D eigenvalue weighted by molar-refractivity contribution is 0.0816. The van der Waals surface area contributed by atoms with Crippen LogP contribution in [0.2, 0.25) is 0 Å². The molecule has 0 unspecified atom stereocenters. The smallest absolute Gasteiger partial charge is 0.196 e. The van der Waals surface area contributed by atoms with Crippen LogP contribution in [0.4, 0.5) is 0 Å². The van der Waals surface area contributed by atoms with Crippen molar-refractivity contribution in [3.63, 3.8) is 0 Å². The molecule has 0 saturated heterocycles. The van der Waals surface area contributed by atoms with Gasteiger partial charge in [0.1, 0.15) is 5.76 Å². The highest BCUT2D eigenvalue weighted by Gasteiger charge is 2.25. The number of benzene rings is 1. The molecular weight excluding hydrogens is 346 g/mol. The number of aromatic nitrogens is 3. The molecule has 136 valence electrons. The van der Waals surface area contributed by atoms with Crippen LogP contribution in [-0.4, -0.2) is 31.7 Å². The van der Waals surface area contributed by atoms with Crippen LogP contribution < -0.4 is 0 Å². The highest BCUT2D eigenvalue weighted by atomic mass is 32.2. The SMILES string of the molecule is Cc1occc1-c1nnc(SC[C@H]2CCCC[C@H]2O)n1-c1ccccc1. The number of hydrogen-bond acceptors (Lipinski definition) is 5. The number of hydrogen-bond donors (Lipinski definition) is 1. The third kappa shape index (κ3) is 3.44. The van der Waals surface area contributed by atoms with E-state index in [0.717, 1.165) is 53.0 Å². The summed E-state index contributed by atoms with van der Waals surface area (Å²) < 4.78 is 7.55. The number of rotatable bonds is 5. The molecule has 26 heavy (non-hydrogen) atoms. The van der Waals surface area contributed by atoms with E-state index in [1.807, 2.05) is 31.2 Å². The van der Waals surface area contributed by atoms with Crippen molar-refractivity contribution >= 4 is 11.8 Å². The predicted molar refractivity (Wildman–Crippen MR) is 102 cm³/mol. The maximum absolute atomic E-state index is 10.3. The minimum Gasteiger partial charge on any atom is -0.469 e. The van der Waals surface area contributed by atoms with Crippen LogP contribution in [0.5, 0.6) is 0 Å². The second-order valence-electron chi connectivity index (χ2n) is 6.79. The summed E-state index contributed by atoms with van der Waals surface area (Å²) >= 11 is 1.67. The van der Waals surface area contributed by atoms with E-state index in [9.17, 15) is 5.11 Å². The van der Waals surface area contributed by atoms with E-state index in [1.54, 1.807) is 18.0 Å². The third-order valence-electron chi connectivity index (χ3n) is 5.04. The van der Waals surface area contributed by atoms with Crippen molar-refractivity contribution in [2.75, 3.05) is 5.75 Å². The highest BCUT2D eigenvalue weighted by Crippen LogP contribution is 2.33. The monoisotopic (exact) mass is 369 g/mol. The van der Waals surface area contributed by atoms with Gasteiger partial charge in [0.25, 0.3) is 0 Å². The van der Waals surface area contributed by atoms with E-state index < -0.39 is 0 Å². The molecule has 2 heterocycles. The van der Waals surface area contributed by atoms with Gasteiger partial charge in [-0.15, -0.1) is 10.2 Å². The summed E-state index contributed by atoms with van der Waals surface area (Å²) in [4.78, 5) is 0. The predicted octanol–water partition coefficient (Wildman–Crippen LogP) is 4.48. The van der Waals surface area contributed by atoms with Gasteiger partial charge in [0, 0.05) is 11.4 Å². The fourth-order valence-electron chi connectivity index (χ4n) is 3.53. The van der Waals surface area contributed by atoms with Crippen molar-refractivity contribution in [3.05, 3.63) is 48.4 Å². The zero-order valence-electron chi connectivity index (χ0n) is 14.8. The zero-order chi connectivity index (χ0) is 17.9. The van der Waals surface area contributed by atoms with Crippen molar-refractivity contribution in [2.24, 2.45) is 5.92 Å². The van der Waals surface area contributed by atoms with Crippen LogP contribution in [0.3, 0.4) is 0 Å². The van der Waals surface area contributed by atoms with Crippen molar-refractivity contribution in [1.29, 1.82) is 0 Å². The van der Waals surface area contributed by atoms with Gasteiger partial charge in [-0.1, -0.05) is 42.8 Å². The van der Waals surface area contributed by atoms with Crippen LogP contribution in [0.25, 0.3) is 17.1 Å². The Morgan fingerprint density at radius 2 is 1.96 bits per heavy atom. The average molecular weight is 369 g/mol. The molecule has 2 atom stereocenters. The van der Waals surface area contributed by atoms with Gasteiger partial charge in [-0.2, -0.15) is 0 Å². The third-order valence-corrected chi connectivity index (χ3v) is 6.16. The van der Waals surface area contributed by atoms with Gasteiger partial charge in [0.15, 0.2) is 11.0 Å². The van der Waals surface area contributed by atoms with Crippen molar-refractivity contribution in [2.45, 2.75) is 43.9 Å². The molecule has 1 fully saturated rings. The van der Waals surface area contributed by atoms with E-state index in [4.69, 9.17) is 4.42 Å². The first-order valence-electron chi connectivity index (χ1n) is 9.10. The van der Waals surface area contributed by atoms with Crippen molar-refractivity contribution in [1.82, 2.24) is 14.8 Å². The number of aryl methyl sites for hydroxylation is 1.